The van der Waals surface area contributed by atoms with Crippen LogP contribution in [0.2, 0.25) is 0 Å². The molecule has 0 aromatic heterocycles. The van der Waals surface area contributed by atoms with Crippen LogP contribution in [0.4, 0.5) is 0 Å². The predicted octanol–water partition coefficient (Wildman–Crippen LogP) is 3.07. The van der Waals surface area contributed by atoms with Crippen molar-refractivity contribution in [3.8, 4) is 0 Å². The average molecular weight is 703 g/mol. The molecule has 6 N–H and O–H groups in total. The first-order valence-electron chi connectivity index (χ1n) is 17.9. The zero-order valence-electron chi connectivity index (χ0n) is 28.9. The summed E-state index contributed by atoms with van der Waals surface area (Å²) < 4.78 is 0. The van der Waals surface area contributed by atoms with Gasteiger partial charge in [-0.05, 0) is 47.9 Å². The lowest BCUT2D eigenvalue weighted by atomic mass is 9.91. The minimum atomic E-state index is -1.48. The number of amides is 4. The molecule has 2 aliphatic rings. The van der Waals surface area contributed by atoms with Crippen LogP contribution in [0.15, 0.2) is 121 Å². The van der Waals surface area contributed by atoms with Gasteiger partial charge in [0.25, 0.3) is 0 Å². The van der Waals surface area contributed by atoms with Gasteiger partial charge in [0, 0.05) is 13.1 Å². The highest BCUT2D eigenvalue weighted by molar-refractivity contribution is 5.93. The van der Waals surface area contributed by atoms with Crippen LogP contribution >= 0.6 is 0 Å². The third kappa shape index (κ3) is 9.92. The molecule has 6 rings (SSSR count). The van der Waals surface area contributed by atoms with E-state index < -0.39 is 48.0 Å². The molecule has 270 valence electrons. The Morgan fingerprint density at radius 1 is 0.462 bits per heavy atom. The maximum Gasteiger partial charge on any atom is 0.224 e. The van der Waals surface area contributed by atoms with Crippen LogP contribution in [-0.2, 0) is 45.1 Å². The van der Waals surface area contributed by atoms with Gasteiger partial charge in [0.05, 0.1) is 35.8 Å². The Morgan fingerprint density at radius 3 is 1.08 bits per heavy atom. The lowest BCUT2D eigenvalue weighted by molar-refractivity contribution is -0.130. The molecule has 4 aromatic rings. The molecule has 10 heteroatoms. The van der Waals surface area contributed by atoms with Crippen molar-refractivity contribution in [3.05, 3.63) is 144 Å². The molecule has 0 unspecified atom stereocenters. The Bertz CT molecular complexity index is 1660. The summed E-state index contributed by atoms with van der Waals surface area (Å²) in [6.07, 6.45) is -1.77. The van der Waals surface area contributed by atoms with Gasteiger partial charge in [-0.15, -0.1) is 0 Å². The van der Waals surface area contributed by atoms with Crippen LogP contribution in [0.3, 0.4) is 0 Å². The second-order valence-electron chi connectivity index (χ2n) is 13.9. The van der Waals surface area contributed by atoms with Crippen molar-refractivity contribution in [2.45, 2.75) is 63.1 Å². The fraction of sp³-hybridized carbons (Fsp3) is 0.333. The number of carbonyl (C=O) groups excluding carboxylic acids is 4. The van der Waals surface area contributed by atoms with Gasteiger partial charge in [-0.1, -0.05) is 121 Å². The summed E-state index contributed by atoms with van der Waals surface area (Å²) >= 11 is 0. The van der Waals surface area contributed by atoms with E-state index in [1.54, 1.807) is 0 Å². The number of carbonyl (C=O) groups is 4. The molecule has 0 radical (unpaired) electrons. The van der Waals surface area contributed by atoms with E-state index in [1.165, 1.54) is 0 Å². The molecule has 2 fully saturated rings. The summed E-state index contributed by atoms with van der Waals surface area (Å²) in [5.74, 6) is -3.25. The summed E-state index contributed by atoms with van der Waals surface area (Å²) in [5, 5.41) is 35.2. The van der Waals surface area contributed by atoms with Gasteiger partial charge < -0.3 is 31.5 Å². The van der Waals surface area contributed by atoms with E-state index in [1.807, 2.05) is 121 Å². The van der Waals surface area contributed by atoms with E-state index in [0.29, 0.717) is 25.9 Å². The topological polar surface area (TPSA) is 157 Å². The zero-order chi connectivity index (χ0) is 36.5. The molecule has 4 aromatic carbocycles. The zero-order valence-corrected chi connectivity index (χ0v) is 28.9. The lowest BCUT2D eigenvalue weighted by Crippen LogP contribution is -2.57. The molecule has 52 heavy (non-hydrogen) atoms. The highest BCUT2D eigenvalue weighted by atomic mass is 16.3. The number of hydrogen-bond acceptors (Lipinski definition) is 6. The minimum Gasteiger partial charge on any atom is -0.388 e. The first-order chi connectivity index (χ1) is 25.3. The second-order valence-corrected chi connectivity index (χ2v) is 13.9. The lowest BCUT2D eigenvalue weighted by Gasteiger charge is -2.33. The Hall–Kier alpha value is -5.32. The number of rotatable bonds is 17. The van der Waals surface area contributed by atoms with Crippen molar-refractivity contribution in [1.82, 2.24) is 21.3 Å². The maximum absolute atomic E-state index is 13.5. The molecular weight excluding hydrogens is 656 g/mol. The van der Waals surface area contributed by atoms with Gasteiger partial charge in [-0.25, -0.2) is 0 Å². The summed E-state index contributed by atoms with van der Waals surface area (Å²) in [7, 11) is 0. The van der Waals surface area contributed by atoms with Gasteiger partial charge in [0.1, 0.15) is 12.2 Å². The highest BCUT2D eigenvalue weighted by Gasteiger charge is 2.50. The maximum atomic E-state index is 13.5. The fourth-order valence-corrected chi connectivity index (χ4v) is 6.69. The molecule has 0 bridgehead atoms. The number of aliphatic hydroxyl groups is 2. The smallest absolute Gasteiger partial charge is 0.224 e. The molecule has 10 nitrogen and oxygen atoms in total. The van der Waals surface area contributed by atoms with Crippen LogP contribution in [0.1, 0.15) is 35.1 Å². The van der Waals surface area contributed by atoms with Crippen LogP contribution in [-0.4, -0.2) is 58.1 Å². The van der Waals surface area contributed by atoms with Crippen LogP contribution in [0.5, 0.6) is 0 Å². The summed E-state index contributed by atoms with van der Waals surface area (Å²) in [4.78, 5) is 52.7. The first-order valence-corrected chi connectivity index (χ1v) is 17.9. The largest absolute Gasteiger partial charge is 0.388 e. The second kappa shape index (κ2) is 17.3. The molecule has 2 aliphatic carbocycles. The predicted molar refractivity (Wildman–Crippen MR) is 196 cm³/mol. The minimum absolute atomic E-state index is 0.207. The van der Waals surface area contributed by atoms with Crippen LogP contribution in [0, 0.1) is 23.7 Å². The molecule has 0 saturated heterocycles. The number of nitrogens with one attached hydrogen (secondary N) is 4. The average Bonchev–Trinajstić information content (AvgIpc) is 4.12. The van der Waals surface area contributed by atoms with Gasteiger partial charge in [0.2, 0.25) is 23.6 Å². The van der Waals surface area contributed by atoms with E-state index in [-0.39, 0.29) is 36.5 Å². The van der Waals surface area contributed by atoms with Gasteiger partial charge >= 0.3 is 0 Å². The molecule has 0 aliphatic heterocycles. The quantitative estimate of drug-likeness (QED) is 0.0994. The number of benzene rings is 4. The van der Waals surface area contributed by atoms with Gasteiger partial charge in [-0.2, -0.15) is 0 Å². The first kappa shape index (κ1) is 36.5. The normalized spacial score (nSPS) is 21.0. The standard InChI is InChI=1S/C42H46N4O6/c47-37(35(21-27-13-5-1-6-14-27)45-41(51)33-23-31(33)39(49)43-25-29-17-9-3-10-18-29)38(48)36(22-28-15-7-2-8-16-28)46-42(52)34-24-32(34)40(50)44-26-30-19-11-4-12-20-30/h1-20,31-38,47-48H,21-26H2,(H,43,49)(H,44,50)(H,45,51)(H,46,52)/t31-,32-,33-,34-,35+,36+,37-,38-/m1/s1. The van der Waals surface area contributed by atoms with Crippen LogP contribution < -0.4 is 21.3 Å². The number of aliphatic hydroxyl groups excluding tert-OH is 2. The highest BCUT2D eigenvalue weighted by Crippen LogP contribution is 2.40. The van der Waals surface area contributed by atoms with Crippen LogP contribution in [0.25, 0.3) is 0 Å². The van der Waals surface area contributed by atoms with Crippen molar-refractivity contribution < 1.29 is 29.4 Å². The van der Waals surface area contributed by atoms with Crippen molar-refractivity contribution in [3.63, 3.8) is 0 Å². The van der Waals surface area contributed by atoms with Gasteiger partial charge in [0.15, 0.2) is 0 Å². The van der Waals surface area contributed by atoms with E-state index >= 15 is 0 Å². The summed E-state index contributed by atoms with van der Waals surface area (Å²) in [6.45, 7) is 0.723. The van der Waals surface area contributed by atoms with E-state index in [4.69, 9.17) is 0 Å². The Kier molecular flexibility index (Phi) is 12.1. The van der Waals surface area contributed by atoms with Crippen molar-refractivity contribution >= 4 is 23.6 Å². The molecule has 8 atom stereocenters. The fourth-order valence-electron chi connectivity index (χ4n) is 6.69. The SMILES string of the molecule is O=C(NCc1ccccc1)[C@@H]1C[C@H]1C(=O)N[C@@H](Cc1ccccc1)[C@@H](O)[C@H](O)[C@H](Cc1ccccc1)NC(=O)[C@@H]1C[C@H]1C(=O)NCc1ccccc1. The molecule has 0 spiro atoms. The molecule has 4 amide bonds. The molecule has 2 saturated carbocycles. The summed E-state index contributed by atoms with van der Waals surface area (Å²) in [6, 6.07) is 35.8. The van der Waals surface area contributed by atoms with Crippen molar-refractivity contribution in [1.29, 1.82) is 0 Å². The third-order valence-electron chi connectivity index (χ3n) is 9.97. The summed E-state index contributed by atoms with van der Waals surface area (Å²) in [5.41, 5.74) is 3.58. The van der Waals surface area contributed by atoms with E-state index in [9.17, 15) is 29.4 Å². The third-order valence-corrected chi connectivity index (χ3v) is 9.97. The Morgan fingerprint density at radius 2 is 0.750 bits per heavy atom. The Balaban J connectivity index is 1.11. The molecule has 0 heterocycles. The molecular formula is C42H46N4O6. The monoisotopic (exact) mass is 702 g/mol. The number of hydrogen-bond donors (Lipinski definition) is 6. The van der Waals surface area contributed by atoms with Gasteiger partial charge in [-0.3, -0.25) is 19.2 Å². The van der Waals surface area contributed by atoms with E-state index in [2.05, 4.69) is 21.3 Å². The Labute approximate surface area is 304 Å². The van der Waals surface area contributed by atoms with Crippen molar-refractivity contribution in [2.75, 3.05) is 0 Å². The van der Waals surface area contributed by atoms with E-state index in [0.717, 1.165) is 22.3 Å². The van der Waals surface area contributed by atoms with Crippen molar-refractivity contribution in [2.24, 2.45) is 23.7 Å².